The van der Waals surface area contributed by atoms with Crippen molar-refractivity contribution in [3.8, 4) is 0 Å². The number of hydrogen-bond donors (Lipinski definition) is 2. The zero-order chi connectivity index (χ0) is 75.0. The molecule has 2 N–H and O–H groups in total. The highest BCUT2D eigenvalue weighted by Crippen LogP contribution is 2.46. The van der Waals surface area contributed by atoms with Gasteiger partial charge in [0, 0.05) is 63.0 Å². The lowest BCUT2D eigenvalue weighted by molar-refractivity contribution is -0.644. The van der Waals surface area contributed by atoms with Crippen molar-refractivity contribution >= 4 is 118 Å². The monoisotopic (exact) mass is 1600 g/mol. The molecular formula is C80H74Br2F6N3O16+. The Bertz CT molecular complexity index is 4580. The number of rotatable bonds is 18. The number of carbonyl (C=O) groups is 6. The summed E-state index contributed by atoms with van der Waals surface area (Å²) in [4.78, 5) is 81.4. The average molecular weight is 1610 g/mol. The van der Waals surface area contributed by atoms with E-state index < -0.39 is 30.3 Å². The molecule has 0 aliphatic carbocycles. The topological polar surface area (TPSA) is 244 Å². The molecule has 2 aliphatic rings. The van der Waals surface area contributed by atoms with Crippen molar-refractivity contribution in [2.75, 3.05) is 13.2 Å². The molecule has 3 aromatic heterocycles. The Kier molecular flexibility index (Phi) is 34.2. The second-order valence-corrected chi connectivity index (χ2v) is 22.9. The molecule has 2 saturated heterocycles. The van der Waals surface area contributed by atoms with Crippen LogP contribution < -0.4 is 26.1 Å². The molecule has 9 aromatic carbocycles. The number of benzene rings is 9. The molecule has 0 radical (unpaired) electrons. The third-order valence-corrected chi connectivity index (χ3v) is 15.2. The number of aromatic nitrogens is 3. The molecule has 0 atom stereocenters. The van der Waals surface area contributed by atoms with E-state index >= 15 is 0 Å². The Morgan fingerprint density at radius 3 is 1.11 bits per heavy atom. The number of hydrogen-bond acceptors (Lipinski definition) is 16. The van der Waals surface area contributed by atoms with E-state index in [1.807, 2.05) is 195 Å². The molecule has 560 valence electrons. The maximum absolute atomic E-state index is 12.2. The molecule has 0 saturated carbocycles. The predicted octanol–water partition coefficient (Wildman–Crippen LogP) is 12.9. The highest BCUT2D eigenvalue weighted by molar-refractivity contribution is 8.93. The van der Waals surface area contributed by atoms with Gasteiger partial charge in [-0.3, -0.25) is 28.9 Å². The van der Waals surface area contributed by atoms with Crippen LogP contribution in [-0.4, -0.2) is 82.6 Å². The SMILES string of the molecule is Br.CCCC(=O)OCc1ccccc1.O=C(CCO)OCc1ccccc1.O=C(CC[n+]1c2ccccc2cc2ccccc21)OCc1ccccc1.O=C(O)CC[n+]1c2ccccc2cc2ccccc21.O=C(OOC1(C(F)(F)F)OO1)C(F)(F)F.O=C1CCO1.[Br-].c1ccc2nc3ccccc3cc2c1. The number of esters is 4. The highest BCUT2D eigenvalue weighted by Gasteiger charge is 2.75. The lowest BCUT2D eigenvalue weighted by Crippen LogP contribution is -3.00. The van der Waals surface area contributed by atoms with E-state index in [9.17, 15) is 55.1 Å². The molecule has 19 nitrogen and oxygen atoms in total. The Morgan fingerprint density at radius 1 is 0.477 bits per heavy atom. The van der Waals surface area contributed by atoms with E-state index in [1.54, 1.807) is 0 Å². The van der Waals surface area contributed by atoms with Gasteiger partial charge in [0.1, 0.15) is 39.3 Å². The minimum Gasteiger partial charge on any atom is -1.00 e. The number of carbonyl (C=O) groups excluding carboxylic acids is 5. The third-order valence-electron chi connectivity index (χ3n) is 15.2. The summed E-state index contributed by atoms with van der Waals surface area (Å²) in [5.41, 5.74) is 9.51. The molecule has 0 spiro atoms. The fourth-order valence-electron chi connectivity index (χ4n) is 9.89. The van der Waals surface area contributed by atoms with Crippen LogP contribution in [0.15, 0.2) is 255 Å². The molecule has 0 bridgehead atoms. The number of aliphatic carboxylic acids is 1. The summed E-state index contributed by atoms with van der Waals surface area (Å²) in [6.45, 7) is 4.50. The fourth-order valence-corrected chi connectivity index (χ4v) is 9.89. The van der Waals surface area contributed by atoms with Crippen molar-refractivity contribution in [1.29, 1.82) is 0 Å². The number of aliphatic hydroxyl groups excluding tert-OH is 1. The minimum absolute atomic E-state index is 0. The molecule has 5 heterocycles. The average Bonchev–Trinajstić information content (AvgIpc) is 1.66. The van der Waals surface area contributed by atoms with Crippen LogP contribution in [0.3, 0.4) is 0 Å². The first-order valence-corrected chi connectivity index (χ1v) is 33.0. The quantitative estimate of drug-likeness (QED) is 0.0118. The molecule has 0 amide bonds. The highest BCUT2D eigenvalue weighted by atomic mass is 79.9. The van der Waals surface area contributed by atoms with Crippen molar-refractivity contribution in [1.82, 2.24) is 4.98 Å². The number of aliphatic hydroxyl groups is 1. The molecule has 2 fully saturated rings. The number of aryl methyl sites for hydroxylation is 2. The van der Waals surface area contributed by atoms with Gasteiger partial charge in [-0.05, 0) is 77.7 Å². The van der Waals surface area contributed by atoms with Crippen LogP contribution in [0.25, 0.3) is 65.4 Å². The number of ether oxygens (including phenoxy) is 4. The van der Waals surface area contributed by atoms with Crippen LogP contribution in [0, 0.1) is 0 Å². The Hall–Kier alpha value is -10.8. The van der Waals surface area contributed by atoms with E-state index in [4.69, 9.17) is 24.4 Å². The lowest BCUT2D eigenvalue weighted by atomic mass is 10.1. The van der Waals surface area contributed by atoms with Crippen molar-refractivity contribution in [3.63, 3.8) is 0 Å². The summed E-state index contributed by atoms with van der Waals surface area (Å²) in [6, 6.07) is 84.4. The summed E-state index contributed by atoms with van der Waals surface area (Å²) in [6.07, 6.45) is -8.27. The summed E-state index contributed by atoms with van der Waals surface area (Å²) in [7, 11) is 0. The summed E-state index contributed by atoms with van der Waals surface area (Å²) >= 11 is 0. The second kappa shape index (κ2) is 43.0. The molecule has 0 unspecified atom stereocenters. The number of para-hydroxylation sites is 6. The van der Waals surface area contributed by atoms with Crippen LogP contribution >= 0.6 is 17.0 Å². The summed E-state index contributed by atoms with van der Waals surface area (Å²) in [5.74, 6) is -8.23. The van der Waals surface area contributed by atoms with Crippen molar-refractivity contribution in [3.05, 3.63) is 271 Å². The molecule has 2 aliphatic heterocycles. The van der Waals surface area contributed by atoms with Gasteiger partial charge in [-0.15, -0.1) is 21.9 Å². The fraction of sp³-hybridized carbons (Fsp3) is 0.212. The van der Waals surface area contributed by atoms with E-state index in [2.05, 4.69) is 105 Å². The lowest BCUT2D eigenvalue weighted by Gasteiger charge is -2.10. The molecular weight excluding hydrogens is 1530 g/mol. The van der Waals surface area contributed by atoms with Gasteiger partial charge in [0.05, 0.1) is 30.5 Å². The van der Waals surface area contributed by atoms with Gasteiger partial charge in [-0.2, -0.15) is 45.3 Å². The van der Waals surface area contributed by atoms with E-state index in [1.165, 1.54) is 21.5 Å². The van der Waals surface area contributed by atoms with Crippen LogP contribution in [0.5, 0.6) is 0 Å². The Labute approximate surface area is 631 Å². The van der Waals surface area contributed by atoms with Gasteiger partial charge in [0.2, 0.25) is 22.1 Å². The minimum atomic E-state index is -5.48. The van der Waals surface area contributed by atoms with E-state index in [0.29, 0.717) is 52.2 Å². The predicted molar refractivity (Wildman–Crippen MR) is 385 cm³/mol. The number of carboxylic acid groups (broad SMARTS) is 1. The number of alkyl halides is 6. The first-order valence-electron chi connectivity index (χ1n) is 33.0. The van der Waals surface area contributed by atoms with Gasteiger partial charge in [0.15, 0.2) is 13.1 Å². The summed E-state index contributed by atoms with van der Waals surface area (Å²) in [5, 5.41) is 24.3. The number of cyclic esters (lactones) is 1. The zero-order valence-corrected chi connectivity index (χ0v) is 60.7. The van der Waals surface area contributed by atoms with Gasteiger partial charge in [0.25, 0.3) is 0 Å². The standard InChI is InChI=1S/C23H20NO2.C16H13NO2.C13H9N.C11H14O2.C10H12O3.C4F6O5.C3H4O2.2BrH/c25-23(26-17-18-8-2-1-3-9-18)14-15-24-21-12-6-4-10-19(21)16-20-11-5-7-13-22(20)24;18-16(19)9-10-17-14-7-3-1-5-12(14)11-13-6-2-4-8-15(13)17;1-3-7-12-10(5-1)9-11-6-2-4-8-13(11)14-12;1-2-6-11(12)13-9-10-7-4-3-5-8-10;11-7-6-10(12)13-8-9-4-2-1-3-5-9;5-2(6,7)1(11)12-13-4(14-15-4)3(8,9)10;4-3-1-2-5-3;;/h1-13,16H,14-15,17H2;1-8,11H,9-10H2;1-9H;3-5,7-8H,2,6,9H2,1H3;1-5,11H,6-8H2;;1-2H2;2*1H/q+1;;;;;;;;. The van der Waals surface area contributed by atoms with Gasteiger partial charge in [-0.25, -0.2) is 9.78 Å². The third kappa shape index (κ3) is 27.2. The van der Waals surface area contributed by atoms with Crippen LogP contribution in [0.2, 0.25) is 0 Å². The smallest absolute Gasteiger partial charge is 0.494 e. The van der Waals surface area contributed by atoms with Gasteiger partial charge in [-0.1, -0.05) is 183 Å². The van der Waals surface area contributed by atoms with E-state index in [0.717, 1.165) is 67.0 Å². The van der Waals surface area contributed by atoms with Crippen molar-refractivity contribution < 1.29 is 130 Å². The molecule has 12 aromatic rings. The van der Waals surface area contributed by atoms with Gasteiger partial charge < -0.3 is 46.1 Å². The molecule has 14 rings (SSSR count). The van der Waals surface area contributed by atoms with Crippen LogP contribution in [0.4, 0.5) is 26.3 Å². The Morgan fingerprint density at radius 2 is 0.794 bits per heavy atom. The normalized spacial score (nSPS) is 12.1. The number of halogens is 8. The maximum atomic E-state index is 12.2. The van der Waals surface area contributed by atoms with Crippen LogP contribution in [0.1, 0.15) is 62.1 Å². The van der Waals surface area contributed by atoms with Gasteiger partial charge >= 0.3 is 54.1 Å². The number of fused-ring (bicyclic) bond motifs is 6. The zero-order valence-electron chi connectivity index (χ0n) is 57.4. The maximum Gasteiger partial charge on any atom is 0.494 e. The summed E-state index contributed by atoms with van der Waals surface area (Å²) < 4.78 is 93.6. The number of pyridine rings is 3. The largest absolute Gasteiger partial charge is 1.00 e. The first-order chi connectivity index (χ1) is 50.6. The second-order valence-electron chi connectivity index (χ2n) is 22.9. The Balaban J connectivity index is 0.000000201. The number of carboxylic acids is 1. The molecule has 27 heteroatoms. The number of nitrogens with zero attached hydrogens (tertiary/aromatic N) is 3. The van der Waals surface area contributed by atoms with Crippen molar-refractivity contribution in [2.24, 2.45) is 0 Å². The van der Waals surface area contributed by atoms with Crippen molar-refractivity contribution in [2.45, 2.75) is 96.7 Å². The van der Waals surface area contributed by atoms with E-state index in [-0.39, 0.29) is 83.9 Å². The van der Waals surface area contributed by atoms with Crippen LogP contribution in [-0.2, 0) is 100 Å². The molecule has 107 heavy (non-hydrogen) atoms. The first kappa shape index (κ1) is 85.1.